The number of hydrogen-bond donors (Lipinski definition) is 2. The van der Waals surface area contributed by atoms with Crippen LogP contribution in [0.15, 0.2) is 17.5 Å². The number of aliphatic hydroxyl groups excluding tert-OH is 1. The molecule has 3 heterocycles. The van der Waals surface area contributed by atoms with Crippen molar-refractivity contribution < 1.29 is 23.1 Å². The second-order valence-corrected chi connectivity index (χ2v) is 10.5. The molecule has 2 aliphatic heterocycles. The van der Waals surface area contributed by atoms with Gasteiger partial charge in [-0.15, -0.1) is 11.3 Å². The van der Waals surface area contributed by atoms with Gasteiger partial charge >= 0.3 is 0 Å². The second-order valence-electron chi connectivity index (χ2n) is 7.13. The number of carbonyl (C=O) groups is 2. The fourth-order valence-electron chi connectivity index (χ4n) is 3.63. The normalized spacial score (nSPS) is 23.3. The first-order valence-corrected chi connectivity index (χ1v) is 12.2. The highest BCUT2D eigenvalue weighted by atomic mass is 35.5. The molecule has 0 bridgehead atoms. The standard InChI is InChI=1S/C18H24ClN3O5S2/c19-16-6-5-14(28-16)7-10-29(26,27)20-15-4-2-8-21(18(15)25)11-17(24)22-9-1-3-13(22)12-23/h5-7,10,13,15,20,23H,1-4,8-9,11-12H2/t13-,15+/m1/s1. The number of aliphatic hydroxyl groups is 1. The third-order valence-electron chi connectivity index (χ3n) is 5.08. The molecular weight excluding hydrogens is 438 g/mol. The van der Waals surface area contributed by atoms with Crippen molar-refractivity contribution in [2.75, 3.05) is 26.2 Å². The number of likely N-dealkylation sites (tertiary alicyclic amines) is 2. The SMILES string of the molecule is O=C1[C@@H](NS(=O)(=O)C=Cc2ccc(Cl)s2)CCCN1CC(=O)N1CCC[C@@H]1CO. The van der Waals surface area contributed by atoms with Gasteiger partial charge in [0.15, 0.2) is 0 Å². The van der Waals surface area contributed by atoms with Crippen molar-refractivity contribution >= 4 is 50.9 Å². The third-order valence-corrected chi connectivity index (χ3v) is 7.38. The summed E-state index contributed by atoms with van der Waals surface area (Å²) in [5.41, 5.74) is 0. The topological polar surface area (TPSA) is 107 Å². The lowest BCUT2D eigenvalue weighted by Gasteiger charge is -2.33. The number of amides is 2. The molecule has 2 saturated heterocycles. The highest BCUT2D eigenvalue weighted by Gasteiger charge is 2.35. The van der Waals surface area contributed by atoms with E-state index in [1.807, 2.05) is 0 Å². The van der Waals surface area contributed by atoms with Crippen LogP contribution in [0.25, 0.3) is 6.08 Å². The zero-order valence-corrected chi connectivity index (χ0v) is 18.2. The van der Waals surface area contributed by atoms with Crippen molar-refractivity contribution in [1.82, 2.24) is 14.5 Å². The molecule has 2 fully saturated rings. The summed E-state index contributed by atoms with van der Waals surface area (Å²) in [5.74, 6) is -0.617. The van der Waals surface area contributed by atoms with Crippen LogP contribution < -0.4 is 4.72 Å². The van der Waals surface area contributed by atoms with Crippen LogP contribution in [0.4, 0.5) is 0 Å². The van der Waals surface area contributed by atoms with E-state index >= 15 is 0 Å². The van der Waals surface area contributed by atoms with Crippen LogP contribution in [0.5, 0.6) is 0 Å². The van der Waals surface area contributed by atoms with Crippen molar-refractivity contribution in [2.45, 2.75) is 37.8 Å². The van der Waals surface area contributed by atoms with E-state index in [9.17, 15) is 23.1 Å². The summed E-state index contributed by atoms with van der Waals surface area (Å²) in [5, 5.41) is 10.4. The summed E-state index contributed by atoms with van der Waals surface area (Å²) in [7, 11) is -3.83. The van der Waals surface area contributed by atoms with E-state index in [-0.39, 0.29) is 25.1 Å². The number of halogens is 1. The van der Waals surface area contributed by atoms with Gasteiger partial charge in [0.1, 0.15) is 6.04 Å². The van der Waals surface area contributed by atoms with Crippen molar-refractivity contribution in [3.63, 3.8) is 0 Å². The van der Waals surface area contributed by atoms with Gasteiger partial charge in [-0.05, 0) is 43.9 Å². The van der Waals surface area contributed by atoms with Gasteiger partial charge in [-0.1, -0.05) is 11.6 Å². The van der Waals surface area contributed by atoms with Gasteiger partial charge in [-0.25, -0.2) is 8.42 Å². The zero-order chi connectivity index (χ0) is 21.0. The van der Waals surface area contributed by atoms with Crippen LogP contribution in [-0.4, -0.2) is 73.5 Å². The fraction of sp³-hybridized carbons (Fsp3) is 0.556. The molecule has 160 valence electrons. The molecule has 2 atom stereocenters. The zero-order valence-electron chi connectivity index (χ0n) is 15.8. The fourth-order valence-corrected chi connectivity index (χ4v) is 5.70. The van der Waals surface area contributed by atoms with Gasteiger partial charge in [-0.2, -0.15) is 4.72 Å². The number of hydrogen-bond acceptors (Lipinski definition) is 6. The van der Waals surface area contributed by atoms with Crippen molar-refractivity contribution in [1.29, 1.82) is 0 Å². The van der Waals surface area contributed by atoms with Crippen molar-refractivity contribution in [2.24, 2.45) is 0 Å². The average Bonchev–Trinajstić information content (AvgIpc) is 3.32. The lowest BCUT2D eigenvalue weighted by Crippen LogP contribution is -2.54. The molecule has 0 unspecified atom stereocenters. The van der Waals surface area contributed by atoms with Crippen LogP contribution in [0.2, 0.25) is 4.34 Å². The number of rotatable bonds is 7. The van der Waals surface area contributed by atoms with E-state index in [1.54, 1.807) is 17.0 Å². The van der Waals surface area contributed by atoms with Gasteiger partial charge in [0.05, 0.1) is 23.5 Å². The lowest BCUT2D eigenvalue weighted by atomic mass is 10.1. The van der Waals surface area contributed by atoms with E-state index in [0.717, 1.165) is 18.2 Å². The quantitative estimate of drug-likeness (QED) is 0.635. The van der Waals surface area contributed by atoms with Gasteiger partial charge in [0.2, 0.25) is 21.8 Å². The molecule has 0 radical (unpaired) electrons. The number of sulfonamides is 1. The first-order valence-electron chi connectivity index (χ1n) is 9.44. The highest BCUT2D eigenvalue weighted by Crippen LogP contribution is 2.23. The van der Waals surface area contributed by atoms with Crippen LogP contribution in [-0.2, 0) is 19.6 Å². The monoisotopic (exact) mass is 461 g/mol. The summed E-state index contributed by atoms with van der Waals surface area (Å²) < 4.78 is 27.7. The molecule has 2 N–H and O–H groups in total. The van der Waals surface area contributed by atoms with Crippen LogP contribution in [0, 0.1) is 0 Å². The van der Waals surface area contributed by atoms with Crippen molar-refractivity contribution in [3.8, 4) is 0 Å². The molecule has 0 aliphatic carbocycles. The Balaban J connectivity index is 1.60. The van der Waals surface area contributed by atoms with Gasteiger partial charge in [0, 0.05) is 23.4 Å². The molecule has 11 heteroatoms. The van der Waals surface area contributed by atoms with Crippen LogP contribution in [0.1, 0.15) is 30.6 Å². The Morgan fingerprint density at radius 3 is 2.76 bits per heavy atom. The summed E-state index contributed by atoms with van der Waals surface area (Å²) in [6.45, 7) is 0.782. The first kappa shape index (κ1) is 22.2. The molecule has 1 aromatic rings. The predicted molar refractivity (Wildman–Crippen MR) is 112 cm³/mol. The Labute approximate surface area is 179 Å². The van der Waals surface area contributed by atoms with E-state index in [2.05, 4.69) is 4.72 Å². The number of piperidine rings is 1. The minimum atomic E-state index is -3.83. The van der Waals surface area contributed by atoms with Crippen molar-refractivity contribution in [3.05, 3.63) is 26.8 Å². The molecule has 0 saturated carbocycles. The maximum atomic E-state index is 12.7. The van der Waals surface area contributed by atoms with E-state index in [1.165, 1.54) is 22.3 Å². The van der Waals surface area contributed by atoms with Gasteiger partial charge in [-0.3, -0.25) is 9.59 Å². The molecule has 3 rings (SSSR count). The Hall–Kier alpha value is -1.46. The second kappa shape index (κ2) is 9.57. The molecular formula is C18H24ClN3O5S2. The van der Waals surface area contributed by atoms with E-state index in [4.69, 9.17) is 11.6 Å². The summed E-state index contributed by atoms with van der Waals surface area (Å²) in [6.07, 6.45) is 3.98. The maximum absolute atomic E-state index is 12.7. The number of carbonyl (C=O) groups excluding carboxylic acids is 2. The Bertz CT molecular complexity index is 886. The average molecular weight is 462 g/mol. The summed E-state index contributed by atoms with van der Waals surface area (Å²) in [4.78, 5) is 29.0. The van der Waals surface area contributed by atoms with E-state index < -0.39 is 22.0 Å². The molecule has 8 nitrogen and oxygen atoms in total. The molecule has 0 spiro atoms. The highest BCUT2D eigenvalue weighted by molar-refractivity contribution is 7.92. The number of nitrogens with zero attached hydrogens (tertiary/aromatic N) is 2. The van der Waals surface area contributed by atoms with Crippen LogP contribution in [0.3, 0.4) is 0 Å². The Morgan fingerprint density at radius 2 is 2.07 bits per heavy atom. The minimum absolute atomic E-state index is 0.0934. The maximum Gasteiger partial charge on any atom is 0.242 e. The largest absolute Gasteiger partial charge is 0.394 e. The molecule has 2 aliphatic rings. The third kappa shape index (κ3) is 5.79. The number of thiophene rings is 1. The summed E-state index contributed by atoms with van der Waals surface area (Å²) in [6, 6.07) is 2.28. The van der Waals surface area contributed by atoms with Crippen LogP contribution >= 0.6 is 22.9 Å². The molecule has 1 aromatic heterocycles. The Morgan fingerprint density at radius 1 is 1.31 bits per heavy atom. The van der Waals surface area contributed by atoms with Gasteiger partial charge < -0.3 is 14.9 Å². The molecule has 29 heavy (non-hydrogen) atoms. The smallest absolute Gasteiger partial charge is 0.242 e. The minimum Gasteiger partial charge on any atom is -0.394 e. The predicted octanol–water partition coefficient (Wildman–Crippen LogP) is 1.27. The first-order chi connectivity index (χ1) is 13.8. The molecule has 2 amide bonds. The number of nitrogens with one attached hydrogen (secondary N) is 1. The lowest BCUT2D eigenvalue weighted by molar-refractivity contribution is -0.143. The Kier molecular flexibility index (Phi) is 7.33. The van der Waals surface area contributed by atoms with Gasteiger partial charge in [0.25, 0.3) is 0 Å². The van der Waals surface area contributed by atoms with E-state index in [0.29, 0.717) is 35.1 Å². The molecule has 0 aromatic carbocycles. The summed E-state index contributed by atoms with van der Waals surface area (Å²) >= 11 is 7.08.